The molecule has 0 saturated heterocycles. The first kappa shape index (κ1) is 28.9. The molecular weight excluding hydrogens is 511 g/mol. The highest BCUT2D eigenvalue weighted by Gasteiger charge is 2.33. The molecule has 2 aromatic carbocycles. The minimum Gasteiger partial charge on any atom is -0.488 e. The Labute approximate surface area is 226 Å². The summed E-state index contributed by atoms with van der Waals surface area (Å²) in [5.41, 5.74) is 1.30. The highest BCUT2D eigenvalue weighted by molar-refractivity contribution is 5.94. The second-order valence-electron chi connectivity index (χ2n) is 10.9. The summed E-state index contributed by atoms with van der Waals surface area (Å²) in [5.74, 6) is 0.304. The summed E-state index contributed by atoms with van der Waals surface area (Å²) >= 11 is 0. The SMILES string of the molecule is C[C@H](CO)N1C[C@H](C)[C@H](CN(C)Cc2ccc(C(F)(F)F)cc2)Oc2ccc(NC(=O)C3CC3)cc2CC1=O. The van der Waals surface area contributed by atoms with Gasteiger partial charge in [0.1, 0.15) is 11.9 Å². The van der Waals surface area contributed by atoms with Gasteiger partial charge in [-0.3, -0.25) is 14.5 Å². The standard InChI is InChI=1S/C29H36F3N3O4/c1-18-14-35(19(2)17-36)27(37)13-22-12-24(33-28(38)21-6-7-21)10-11-25(22)39-26(18)16-34(3)15-20-4-8-23(9-5-20)29(30,31)32/h4-5,8-12,18-19,21,26,36H,6-7,13-17H2,1-3H3,(H,33,38)/t18-,19+,26-/m0/s1. The van der Waals surface area contributed by atoms with E-state index in [0.717, 1.165) is 30.5 Å². The van der Waals surface area contributed by atoms with Crippen LogP contribution in [0.3, 0.4) is 0 Å². The molecule has 39 heavy (non-hydrogen) atoms. The van der Waals surface area contributed by atoms with E-state index >= 15 is 0 Å². The van der Waals surface area contributed by atoms with Crippen molar-refractivity contribution in [3.05, 3.63) is 59.2 Å². The number of amides is 2. The van der Waals surface area contributed by atoms with Crippen molar-refractivity contribution < 1.29 is 32.6 Å². The Morgan fingerprint density at radius 2 is 1.90 bits per heavy atom. The van der Waals surface area contributed by atoms with E-state index in [4.69, 9.17) is 4.74 Å². The minimum atomic E-state index is -4.38. The molecule has 0 unspecified atom stereocenters. The van der Waals surface area contributed by atoms with Gasteiger partial charge in [-0.1, -0.05) is 19.1 Å². The normalized spacial score (nSPS) is 20.9. The number of ether oxygens (including phenoxy) is 1. The highest BCUT2D eigenvalue weighted by atomic mass is 19.4. The number of anilines is 1. The molecule has 2 aliphatic rings. The highest BCUT2D eigenvalue weighted by Crippen LogP contribution is 2.33. The van der Waals surface area contributed by atoms with Crippen molar-refractivity contribution in [1.82, 2.24) is 9.80 Å². The van der Waals surface area contributed by atoms with Gasteiger partial charge in [-0.2, -0.15) is 13.2 Å². The Kier molecular flexibility index (Phi) is 8.86. The van der Waals surface area contributed by atoms with Crippen molar-refractivity contribution >= 4 is 17.5 Å². The van der Waals surface area contributed by atoms with Gasteiger partial charge in [-0.15, -0.1) is 0 Å². The van der Waals surface area contributed by atoms with Crippen LogP contribution in [0.25, 0.3) is 0 Å². The Balaban J connectivity index is 1.55. The first-order valence-electron chi connectivity index (χ1n) is 13.3. The summed E-state index contributed by atoms with van der Waals surface area (Å²) in [7, 11) is 1.87. The first-order valence-corrected chi connectivity index (χ1v) is 13.3. The lowest BCUT2D eigenvalue weighted by Gasteiger charge is -2.34. The smallest absolute Gasteiger partial charge is 0.416 e. The van der Waals surface area contributed by atoms with Gasteiger partial charge in [-0.25, -0.2) is 0 Å². The summed E-state index contributed by atoms with van der Waals surface area (Å²) < 4.78 is 45.3. The number of nitrogens with zero attached hydrogens (tertiary/aromatic N) is 2. The van der Waals surface area contributed by atoms with Crippen LogP contribution in [-0.2, 0) is 28.7 Å². The number of aliphatic hydroxyl groups excluding tert-OH is 1. The van der Waals surface area contributed by atoms with Crippen molar-refractivity contribution in [2.75, 3.05) is 32.1 Å². The number of aliphatic hydroxyl groups is 1. The average molecular weight is 548 g/mol. The van der Waals surface area contributed by atoms with Crippen LogP contribution in [0.4, 0.5) is 18.9 Å². The quantitative estimate of drug-likeness (QED) is 0.514. The third kappa shape index (κ3) is 7.51. The van der Waals surface area contributed by atoms with Crippen molar-refractivity contribution in [2.45, 2.75) is 58.0 Å². The molecule has 0 aromatic heterocycles. The van der Waals surface area contributed by atoms with Gasteiger partial charge in [0.25, 0.3) is 0 Å². The Hall–Kier alpha value is -3.11. The molecule has 0 spiro atoms. The third-order valence-corrected chi connectivity index (χ3v) is 7.36. The zero-order chi connectivity index (χ0) is 28.3. The number of hydrogen-bond donors (Lipinski definition) is 2. The largest absolute Gasteiger partial charge is 0.488 e. The minimum absolute atomic E-state index is 0.0304. The molecule has 7 nitrogen and oxygen atoms in total. The number of alkyl halides is 3. The molecule has 2 aromatic rings. The van der Waals surface area contributed by atoms with E-state index in [1.807, 2.05) is 18.9 Å². The van der Waals surface area contributed by atoms with Gasteiger partial charge in [0.15, 0.2) is 0 Å². The number of halogens is 3. The van der Waals surface area contributed by atoms with E-state index in [1.165, 1.54) is 12.1 Å². The molecule has 10 heteroatoms. The lowest BCUT2D eigenvalue weighted by molar-refractivity contribution is -0.137. The van der Waals surface area contributed by atoms with E-state index in [2.05, 4.69) is 5.32 Å². The Bertz CT molecular complexity index is 1170. The maximum absolute atomic E-state index is 13.3. The van der Waals surface area contributed by atoms with Crippen LogP contribution >= 0.6 is 0 Å². The monoisotopic (exact) mass is 547 g/mol. The fraction of sp³-hybridized carbons (Fsp3) is 0.517. The van der Waals surface area contributed by atoms with Gasteiger partial charge < -0.3 is 20.1 Å². The molecule has 1 aliphatic carbocycles. The van der Waals surface area contributed by atoms with E-state index in [-0.39, 0.29) is 48.8 Å². The van der Waals surface area contributed by atoms with Crippen molar-refractivity contribution in [3.8, 4) is 5.75 Å². The lowest BCUT2D eigenvalue weighted by Crippen LogP contribution is -2.47. The molecule has 1 heterocycles. The number of hydrogen-bond acceptors (Lipinski definition) is 5. The van der Waals surface area contributed by atoms with Crippen LogP contribution in [0.15, 0.2) is 42.5 Å². The Morgan fingerprint density at radius 3 is 2.51 bits per heavy atom. The fourth-order valence-electron chi connectivity index (χ4n) is 4.80. The molecule has 1 fully saturated rings. The second-order valence-corrected chi connectivity index (χ2v) is 10.9. The van der Waals surface area contributed by atoms with Crippen LogP contribution in [0.1, 0.15) is 43.4 Å². The van der Waals surface area contributed by atoms with Gasteiger partial charge >= 0.3 is 6.18 Å². The summed E-state index contributed by atoms with van der Waals surface area (Å²) in [6, 6.07) is 10.0. The second kappa shape index (κ2) is 12.0. The summed E-state index contributed by atoms with van der Waals surface area (Å²) in [4.78, 5) is 29.3. The topological polar surface area (TPSA) is 82.1 Å². The summed E-state index contributed by atoms with van der Waals surface area (Å²) in [6.07, 6.45) is -2.91. The molecule has 3 atom stereocenters. The molecule has 2 amide bonds. The Morgan fingerprint density at radius 1 is 1.21 bits per heavy atom. The number of rotatable bonds is 8. The molecule has 212 valence electrons. The van der Waals surface area contributed by atoms with E-state index in [9.17, 15) is 27.9 Å². The van der Waals surface area contributed by atoms with Crippen LogP contribution in [-0.4, -0.2) is 65.6 Å². The summed E-state index contributed by atoms with van der Waals surface area (Å²) in [6.45, 7) is 4.84. The van der Waals surface area contributed by atoms with Gasteiger partial charge in [0.2, 0.25) is 11.8 Å². The van der Waals surface area contributed by atoms with Crippen LogP contribution in [0, 0.1) is 11.8 Å². The number of carbonyl (C=O) groups excluding carboxylic acids is 2. The molecular formula is C29H36F3N3O4. The summed E-state index contributed by atoms with van der Waals surface area (Å²) in [5, 5.41) is 12.7. The van der Waals surface area contributed by atoms with Crippen LogP contribution in [0.2, 0.25) is 0 Å². The zero-order valence-electron chi connectivity index (χ0n) is 22.5. The van der Waals surface area contributed by atoms with Crippen molar-refractivity contribution in [3.63, 3.8) is 0 Å². The molecule has 4 rings (SSSR count). The number of likely N-dealkylation sites (N-methyl/N-ethyl adjacent to an activating group) is 1. The van der Waals surface area contributed by atoms with E-state index in [1.54, 1.807) is 30.0 Å². The predicted octanol–water partition coefficient (Wildman–Crippen LogP) is 4.33. The number of carbonyl (C=O) groups is 2. The third-order valence-electron chi connectivity index (χ3n) is 7.36. The molecule has 2 N–H and O–H groups in total. The number of fused-ring (bicyclic) bond motifs is 1. The fourth-order valence-corrected chi connectivity index (χ4v) is 4.80. The lowest BCUT2D eigenvalue weighted by atomic mass is 10.0. The molecule has 0 radical (unpaired) electrons. The number of benzene rings is 2. The van der Waals surface area contributed by atoms with Crippen LogP contribution < -0.4 is 10.1 Å². The average Bonchev–Trinajstić information content (AvgIpc) is 3.72. The van der Waals surface area contributed by atoms with E-state index < -0.39 is 11.7 Å². The first-order chi connectivity index (χ1) is 18.4. The molecule has 0 bridgehead atoms. The number of nitrogens with one attached hydrogen (secondary N) is 1. The molecule has 1 saturated carbocycles. The maximum atomic E-state index is 13.3. The van der Waals surface area contributed by atoms with Gasteiger partial charge in [0.05, 0.1) is 24.6 Å². The van der Waals surface area contributed by atoms with Crippen molar-refractivity contribution in [1.29, 1.82) is 0 Å². The van der Waals surface area contributed by atoms with Gasteiger partial charge in [0, 0.05) is 42.7 Å². The van der Waals surface area contributed by atoms with E-state index in [0.29, 0.717) is 36.6 Å². The zero-order valence-corrected chi connectivity index (χ0v) is 22.5. The molecule has 1 aliphatic heterocycles. The maximum Gasteiger partial charge on any atom is 0.416 e. The van der Waals surface area contributed by atoms with Crippen molar-refractivity contribution in [2.24, 2.45) is 11.8 Å². The predicted molar refractivity (Wildman–Crippen MR) is 141 cm³/mol. The van der Waals surface area contributed by atoms with Crippen LogP contribution in [0.5, 0.6) is 5.75 Å². The van der Waals surface area contributed by atoms with Gasteiger partial charge in [-0.05, 0) is 62.7 Å².